The van der Waals surface area contributed by atoms with Crippen molar-refractivity contribution in [3.05, 3.63) is 75.6 Å². The third kappa shape index (κ3) is 5.45. The Morgan fingerprint density at radius 3 is 2.34 bits per heavy atom. The number of nitrogens with zero attached hydrogens (tertiary/aromatic N) is 3. The second kappa shape index (κ2) is 9.30. The lowest BCUT2D eigenvalue weighted by Crippen LogP contribution is -2.15. The summed E-state index contributed by atoms with van der Waals surface area (Å²) in [7, 11) is -3.40. The molecule has 35 heavy (non-hydrogen) atoms. The number of hydrogen-bond donors (Lipinski definition) is 2. The largest absolute Gasteiger partial charge is 0.354 e. The van der Waals surface area contributed by atoms with E-state index < -0.39 is 9.84 Å². The van der Waals surface area contributed by atoms with Crippen molar-refractivity contribution >= 4 is 21.4 Å². The smallest absolute Gasteiger partial charge is 0.266 e. The first-order chi connectivity index (χ1) is 16.4. The first kappa shape index (κ1) is 24.7. The maximum absolute atomic E-state index is 12.8. The van der Waals surface area contributed by atoms with Crippen LogP contribution in [0.5, 0.6) is 0 Å². The van der Waals surface area contributed by atoms with Crippen molar-refractivity contribution in [2.45, 2.75) is 51.3 Å². The number of aromatic amines is 1. The number of sulfone groups is 1. The number of nitrogens with one attached hydrogen (secondary N) is 2. The minimum absolute atomic E-state index is 0.0000479. The van der Waals surface area contributed by atoms with Crippen LogP contribution in [0.2, 0.25) is 0 Å². The summed E-state index contributed by atoms with van der Waals surface area (Å²) in [4.78, 5) is 21.4. The molecule has 0 bridgehead atoms. The molecule has 4 rings (SSSR count). The highest BCUT2D eigenvalue weighted by atomic mass is 32.2. The van der Waals surface area contributed by atoms with E-state index in [1.165, 1.54) is 16.1 Å². The Bertz CT molecular complexity index is 1530. The van der Waals surface area contributed by atoms with Crippen molar-refractivity contribution in [1.29, 1.82) is 0 Å². The molecule has 0 amide bonds. The maximum Gasteiger partial charge on any atom is 0.266 e. The number of fused-ring (bicyclic) bond motifs is 1. The SMILES string of the molecule is Cc1ccc(S(=O)(=O)CCCNc2nc(-c3ccc(C(C)(C)C)cc3)nc3cc(=O)[nH]n23)cc1C. The zero-order valence-corrected chi connectivity index (χ0v) is 21.5. The first-order valence-corrected chi connectivity index (χ1v) is 13.2. The lowest BCUT2D eigenvalue weighted by Gasteiger charge is -2.19. The molecule has 0 unspecified atom stereocenters. The summed E-state index contributed by atoms with van der Waals surface area (Å²) in [6.45, 7) is 10.7. The Balaban J connectivity index is 1.53. The summed E-state index contributed by atoms with van der Waals surface area (Å²) in [5, 5.41) is 5.85. The number of hydrogen-bond acceptors (Lipinski definition) is 6. The molecular weight excluding hydrogens is 462 g/mol. The molecule has 0 radical (unpaired) electrons. The fourth-order valence-electron chi connectivity index (χ4n) is 3.76. The fourth-order valence-corrected chi connectivity index (χ4v) is 5.16. The predicted octanol–water partition coefficient (Wildman–Crippen LogP) is 4.27. The van der Waals surface area contributed by atoms with E-state index in [1.807, 2.05) is 32.0 Å². The van der Waals surface area contributed by atoms with E-state index >= 15 is 0 Å². The van der Waals surface area contributed by atoms with Crippen LogP contribution in [0.4, 0.5) is 5.95 Å². The molecular formula is C26H31N5O3S. The van der Waals surface area contributed by atoms with Gasteiger partial charge >= 0.3 is 0 Å². The van der Waals surface area contributed by atoms with E-state index in [4.69, 9.17) is 0 Å². The van der Waals surface area contributed by atoms with Gasteiger partial charge in [-0.15, -0.1) is 0 Å². The molecule has 0 aliphatic carbocycles. The number of anilines is 1. The van der Waals surface area contributed by atoms with Crippen LogP contribution >= 0.6 is 0 Å². The van der Waals surface area contributed by atoms with Crippen molar-refractivity contribution < 1.29 is 8.42 Å². The molecule has 0 spiro atoms. The minimum atomic E-state index is -3.40. The highest BCUT2D eigenvalue weighted by Gasteiger charge is 2.17. The molecule has 184 valence electrons. The molecule has 0 saturated heterocycles. The van der Waals surface area contributed by atoms with Crippen LogP contribution in [0, 0.1) is 13.8 Å². The molecule has 8 nitrogen and oxygen atoms in total. The average Bonchev–Trinajstić information content (AvgIpc) is 3.18. The normalized spacial score (nSPS) is 12.3. The average molecular weight is 494 g/mol. The van der Waals surface area contributed by atoms with Gasteiger partial charge < -0.3 is 5.32 Å². The number of rotatable bonds is 7. The van der Waals surface area contributed by atoms with Gasteiger partial charge in [0.05, 0.1) is 10.6 Å². The molecule has 0 saturated carbocycles. The lowest BCUT2D eigenvalue weighted by atomic mass is 9.87. The van der Waals surface area contributed by atoms with Crippen LogP contribution < -0.4 is 10.9 Å². The molecule has 9 heteroatoms. The van der Waals surface area contributed by atoms with Gasteiger partial charge in [-0.2, -0.15) is 4.98 Å². The first-order valence-electron chi connectivity index (χ1n) is 11.6. The van der Waals surface area contributed by atoms with Gasteiger partial charge in [0.15, 0.2) is 21.3 Å². The van der Waals surface area contributed by atoms with Gasteiger partial charge in [-0.1, -0.05) is 51.1 Å². The monoisotopic (exact) mass is 493 g/mol. The summed E-state index contributed by atoms with van der Waals surface area (Å²) < 4.78 is 27.0. The summed E-state index contributed by atoms with van der Waals surface area (Å²) in [6.07, 6.45) is 0.377. The van der Waals surface area contributed by atoms with Crippen LogP contribution in [0.3, 0.4) is 0 Å². The van der Waals surface area contributed by atoms with Gasteiger partial charge in [0.1, 0.15) is 0 Å². The number of H-pyrrole nitrogens is 1. The number of aromatic nitrogens is 4. The van der Waals surface area contributed by atoms with E-state index in [-0.39, 0.29) is 16.7 Å². The summed E-state index contributed by atoms with van der Waals surface area (Å²) in [6, 6.07) is 14.6. The van der Waals surface area contributed by atoms with E-state index in [9.17, 15) is 13.2 Å². The zero-order valence-electron chi connectivity index (χ0n) is 20.7. The second-order valence-corrected chi connectivity index (χ2v) is 12.0. The molecule has 0 aliphatic heterocycles. The van der Waals surface area contributed by atoms with Crippen LogP contribution in [0.1, 0.15) is 43.9 Å². The predicted molar refractivity (Wildman–Crippen MR) is 139 cm³/mol. The van der Waals surface area contributed by atoms with Crippen LogP contribution in [-0.2, 0) is 15.3 Å². The fraction of sp³-hybridized carbons (Fsp3) is 0.346. The van der Waals surface area contributed by atoms with Gasteiger partial charge in [-0.05, 0) is 54.5 Å². The minimum Gasteiger partial charge on any atom is -0.354 e. The van der Waals surface area contributed by atoms with E-state index in [1.54, 1.807) is 12.1 Å². The van der Waals surface area contributed by atoms with E-state index in [0.717, 1.165) is 16.7 Å². The van der Waals surface area contributed by atoms with Crippen molar-refractivity contribution in [2.24, 2.45) is 0 Å². The number of aryl methyl sites for hydroxylation is 2. The maximum atomic E-state index is 12.8. The summed E-state index contributed by atoms with van der Waals surface area (Å²) >= 11 is 0. The molecule has 0 atom stereocenters. The molecule has 0 aliphatic rings. The van der Waals surface area contributed by atoms with Crippen molar-refractivity contribution in [1.82, 2.24) is 19.6 Å². The van der Waals surface area contributed by atoms with Crippen LogP contribution in [0.15, 0.2) is 58.2 Å². The zero-order chi connectivity index (χ0) is 25.4. The third-order valence-corrected chi connectivity index (χ3v) is 7.87. The Morgan fingerprint density at radius 1 is 0.971 bits per heavy atom. The highest BCUT2D eigenvalue weighted by molar-refractivity contribution is 7.91. The molecule has 2 heterocycles. The Labute approximate surface area is 205 Å². The molecule has 2 N–H and O–H groups in total. The lowest BCUT2D eigenvalue weighted by molar-refractivity contribution is 0.590. The topological polar surface area (TPSA) is 109 Å². The number of benzene rings is 2. The van der Waals surface area contributed by atoms with Crippen LogP contribution in [0.25, 0.3) is 17.0 Å². The third-order valence-electron chi connectivity index (χ3n) is 6.07. The quantitative estimate of drug-likeness (QED) is 0.372. The standard InChI is InChI=1S/C26H31N5O3S/c1-17-7-12-21(15-18(17)2)35(33,34)14-6-13-27-25-29-24(28-22-16-23(32)30-31(22)25)19-8-10-20(11-9-19)26(3,4)5/h7-12,15-16H,6,13-14H2,1-5H3,(H,30,32)(H,27,28,29). The molecule has 4 aromatic rings. The van der Waals surface area contributed by atoms with Gasteiger partial charge in [-0.3, -0.25) is 9.89 Å². The Hall–Kier alpha value is -3.46. The highest BCUT2D eigenvalue weighted by Crippen LogP contribution is 2.25. The summed E-state index contributed by atoms with van der Waals surface area (Å²) in [5.74, 6) is 0.880. The van der Waals surface area contributed by atoms with Gasteiger partial charge in [0.2, 0.25) is 5.95 Å². The van der Waals surface area contributed by atoms with Gasteiger partial charge in [0.25, 0.3) is 5.56 Å². The van der Waals surface area contributed by atoms with Crippen LogP contribution in [-0.4, -0.2) is 40.3 Å². The Kier molecular flexibility index (Phi) is 6.55. The van der Waals surface area contributed by atoms with Gasteiger partial charge in [-0.25, -0.2) is 17.9 Å². The molecule has 0 fully saturated rings. The Morgan fingerprint density at radius 2 is 1.69 bits per heavy atom. The van der Waals surface area contributed by atoms with Crippen molar-refractivity contribution in [3.63, 3.8) is 0 Å². The van der Waals surface area contributed by atoms with Gasteiger partial charge in [0, 0.05) is 18.2 Å². The summed E-state index contributed by atoms with van der Waals surface area (Å²) in [5.41, 5.74) is 4.21. The molecule has 2 aromatic carbocycles. The van der Waals surface area contributed by atoms with E-state index in [0.29, 0.717) is 35.3 Å². The van der Waals surface area contributed by atoms with Crippen molar-refractivity contribution in [2.75, 3.05) is 17.6 Å². The second-order valence-electron chi connectivity index (χ2n) is 9.86. The molecule has 2 aromatic heterocycles. The van der Waals surface area contributed by atoms with Crippen molar-refractivity contribution in [3.8, 4) is 11.4 Å². The van der Waals surface area contributed by atoms with E-state index in [2.05, 4.69) is 53.3 Å².